The first-order valence-corrected chi connectivity index (χ1v) is 8.60. The molecule has 0 fully saturated rings. The van der Waals surface area contributed by atoms with Crippen LogP contribution < -0.4 is 15.1 Å². The molecule has 2 N–H and O–H groups in total. The summed E-state index contributed by atoms with van der Waals surface area (Å²) in [5, 5.41) is 2.71. The molecule has 5 nitrogen and oxygen atoms in total. The number of carbonyl (C=O) groups is 2. The minimum Gasteiger partial charge on any atom is -0.322 e. The van der Waals surface area contributed by atoms with Crippen LogP contribution in [0.3, 0.4) is 0 Å². The summed E-state index contributed by atoms with van der Waals surface area (Å²) in [5.41, 5.74) is 1.37. The smallest absolute Gasteiger partial charge is 0.282 e. The lowest BCUT2D eigenvalue weighted by atomic mass is 10.2. The molecule has 6 heteroatoms. The van der Waals surface area contributed by atoms with Gasteiger partial charge < -0.3 is 15.1 Å². The van der Waals surface area contributed by atoms with Crippen LogP contribution in [0.1, 0.15) is 13.8 Å². The SMILES string of the molecule is CC(C)N(C(=O)C[NH+](C)CC(=O)Nc1ccc(F)cc1)c1ccccc1. The summed E-state index contributed by atoms with van der Waals surface area (Å²) in [6.45, 7) is 4.26. The van der Waals surface area contributed by atoms with Crippen molar-refractivity contribution in [3.8, 4) is 0 Å². The fourth-order valence-electron chi connectivity index (χ4n) is 2.74. The zero-order chi connectivity index (χ0) is 19.1. The number of hydrogen-bond donors (Lipinski definition) is 2. The van der Waals surface area contributed by atoms with Crippen molar-refractivity contribution < 1.29 is 18.9 Å². The number of para-hydroxylation sites is 1. The van der Waals surface area contributed by atoms with Crippen LogP contribution >= 0.6 is 0 Å². The van der Waals surface area contributed by atoms with Gasteiger partial charge in [0, 0.05) is 17.4 Å². The molecule has 2 amide bonds. The Kier molecular flexibility index (Phi) is 6.86. The third-order valence-corrected chi connectivity index (χ3v) is 3.86. The molecule has 0 aliphatic carbocycles. The summed E-state index contributed by atoms with van der Waals surface area (Å²) >= 11 is 0. The van der Waals surface area contributed by atoms with Crippen molar-refractivity contribution in [2.75, 3.05) is 30.4 Å². The molecule has 2 aromatic rings. The molecule has 0 aliphatic rings. The third kappa shape index (κ3) is 5.67. The second-order valence-electron chi connectivity index (χ2n) is 6.56. The maximum absolute atomic E-state index is 12.9. The summed E-state index contributed by atoms with van der Waals surface area (Å²) in [7, 11) is 1.80. The highest BCUT2D eigenvalue weighted by molar-refractivity contribution is 5.95. The number of likely N-dealkylation sites (N-methyl/N-ethyl adjacent to an activating group) is 1. The summed E-state index contributed by atoms with van der Waals surface area (Å²) in [6, 6.07) is 15.1. The zero-order valence-corrected chi connectivity index (χ0v) is 15.3. The molecular formula is C20H25FN3O2+. The fraction of sp³-hybridized carbons (Fsp3) is 0.300. The Hall–Kier alpha value is -2.73. The predicted octanol–water partition coefficient (Wildman–Crippen LogP) is 1.72. The van der Waals surface area contributed by atoms with Crippen LogP contribution in [-0.2, 0) is 9.59 Å². The van der Waals surface area contributed by atoms with Crippen molar-refractivity contribution in [1.82, 2.24) is 0 Å². The van der Waals surface area contributed by atoms with Crippen molar-refractivity contribution in [3.63, 3.8) is 0 Å². The molecule has 0 heterocycles. The number of hydrogen-bond acceptors (Lipinski definition) is 2. The van der Waals surface area contributed by atoms with Crippen LogP contribution in [0.2, 0.25) is 0 Å². The molecule has 0 radical (unpaired) electrons. The number of quaternary nitrogens is 1. The summed E-state index contributed by atoms with van der Waals surface area (Å²) in [6.07, 6.45) is 0. The van der Waals surface area contributed by atoms with Gasteiger partial charge in [0.25, 0.3) is 11.8 Å². The first kappa shape index (κ1) is 19.6. The van der Waals surface area contributed by atoms with E-state index in [9.17, 15) is 14.0 Å². The topological polar surface area (TPSA) is 53.9 Å². The summed E-state index contributed by atoms with van der Waals surface area (Å²) in [5.74, 6) is -0.623. The first-order chi connectivity index (χ1) is 12.4. The second kappa shape index (κ2) is 9.10. The van der Waals surface area contributed by atoms with Crippen molar-refractivity contribution in [3.05, 3.63) is 60.4 Å². The van der Waals surface area contributed by atoms with E-state index in [1.54, 1.807) is 11.9 Å². The first-order valence-electron chi connectivity index (χ1n) is 8.60. The fourth-order valence-corrected chi connectivity index (χ4v) is 2.74. The maximum atomic E-state index is 12.9. The van der Waals surface area contributed by atoms with E-state index in [0.29, 0.717) is 5.69 Å². The molecule has 26 heavy (non-hydrogen) atoms. The molecule has 1 atom stereocenters. The number of anilines is 2. The number of nitrogens with zero attached hydrogens (tertiary/aromatic N) is 1. The Morgan fingerprint density at radius 3 is 2.23 bits per heavy atom. The van der Waals surface area contributed by atoms with Gasteiger partial charge in [-0.15, -0.1) is 0 Å². The molecule has 138 valence electrons. The van der Waals surface area contributed by atoms with Gasteiger partial charge in [0.1, 0.15) is 5.82 Å². The molecular weight excluding hydrogens is 333 g/mol. The molecule has 1 unspecified atom stereocenters. The number of carbonyl (C=O) groups excluding carboxylic acids is 2. The largest absolute Gasteiger partial charge is 0.322 e. The third-order valence-electron chi connectivity index (χ3n) is 3.86. The van der Waals surface area contributed by atoms with Gasteiger partial charge in [-0.05, 0) is 50.2 Å². The van der Waals surface area contributed by atoms with Crippen molar-refractivity contribution in [2.24, 2.45) is 0 Å². The Bertz CT molecular complexity index is 732. The average Bonchev–Trinajstić information content (AvgIpc) is 2.57. The van der Waals surface area contributed by atoms with E-state index in [0.717, 1.165) is 10.6 Å². The Morgan fingerprint density at radius 1 is 1.04 bits per heavy atom. The van der Waals surface area contributed by atoms with Crippen molar-refractivity contribution in [1.29, 1.82) is 0 Å². The number of halogens is 1. The minimum absolute atomic E-state index is 0.0192. The van der Waals surface area contributed by atoms with Gasteiger partial charge in [-0.3, -0.25) is 9.59 Å². The normalized spacial score (nSPS) is 11.9. The predicted molar refractivity (Wildman–Crippen MR) is 101 cm³/mol. The van der Waals surface area contributed by atoms with Crippen molar-refractivity contribution in [2.45, 2.75) is 19.9 Å². The molecule has 0 saturated carbocycles. The monoisotopic (exact) mass is 358 g/mol. The highest BCUT2D eigenvalue weighted by atomic mass is 19.1. The molecule has 2 aromatic carbocycles. The lowest BCUT2D eigenvalue weighted by Crippen LogP contribution is -3.11. The van der Waals surface area contributed by atoms with E-state index in [1.165, 1.54) is 24.3 Å². The number of rotatable bonds is 7. The lowest BCUT2D eigenvalue weighted by Gasteiger charge is -2.27. The van der Waals surface area contributed by atoms with E-state index >= 15 is 0 Å². The Morgan fingerprint density at radius 2 is 1.65 bits per heavy atom. The summed E-state index contributed by atoms with van der Waals surface area (Å²) in [4.78, 5) is 27.3. The van der Waals surface area contributed by atoms with Gasteiger partial charge >= 0.3 is 0 Å². The van der Waals surface area contributed by atoms with Gasteiger partial charge in [-0.2, -0.15) is 0 Å². The van der Waals surface area contributed by atoms with Crippen LogP contribution in [-0.4, -0.2) is 38.0 Å². The van der Waals surface area contributed by atoms with Crippen LogP contribution in [0, 0.1) is 5.82 Å². The van der Waals surface area contributed by atoms with Gasteiger partial charge in [0.15, 0.2) is 13.1 Å². The van der Waals surface area contributed by atoms with Crippen LogP contribution in [0.5, 0.6) is 0 Å². The second-order valence-corrected chi connectivity index (χ2v) is 6.56. The highest BCUT2D eigenvalue weighted by Gasteiger charge is 2.23. The van der Waals surface area contributed by atoms with Crippen LogP contribution in [0.4, 0.5) is 15.8 Å². The Balaban J connectivity index is 1.92. The highest BCUT2D eigenvalue weighted by Crippen LogP contribution is 2.16. The minimum atomic E-state index is -0.356. The molecule has 0 aliphatic heterocycles. The van der Waals surface area contributed by atoms with Gasteiger partial charge in [-0.1, -0.05) is 18.2 Å². The summed E-state index contributed by atoms with van der Waals surface area (Å²) < 4.78 is 12.9. The van der Waals surface area contributed by atoms with E-state index in [-0.39, 0.29) is 36.8 Å². The van der Waals surface area contributed by atoms with E-state index in [2.05, 4.69) is 5.32 Å². The Labute approximate surface area is 153 Å². The van der Waals surface area contributed by atoms with E-state index in [4.69, 9.17) is 0 Å². The van der Waals surface area contributed by atoms with E-state index in [1.807, 2.05) is 44.2 Å². The van der Waals surface area contributed by atoms with Crippen molar-refractivity contribution >= 4 is 23.2 Å². The molecule has 0 aromatic heterocycles. The standard InChI is InChI=1S/C20H24FN3O2/c1-15(2)24(18-7-5-4-6-8-18)20(26)14-23(3)13-19(25)22-17-11-9-16(21)10-12-17/h4-12,15H,13-14H2,1-3H3,(H,22,25)/p+1. The van der Waals surface area contributed by atoms with Gasteiger partial charge in [0.05, 0.1) is 7.05 Å². The molecule has 0 bridgehead atoms. The molecule has 0 spiro atoms. The zero-order valence-electron chi connectivity index (χ0n) is 15.3. The molecule has 2 rings (SSSR count). The van der Waals surface area contributed by atoms with E-state index < -0.39 is 0 Å². The number of amides is 2. The van der Waals surface area contributed by atoms with Crippen LogP contribution in [0.25, 0.3) is 0 Å². The number of benzene rings is 2. The maximum Gasteiger partial charge on any atom is 0.282 e. The molecule has 0 saturated heterocycles. The average molecular weight is 358 g/mol. The van der Waals surface area contributed by atoms with Crippen LogP contribution in [0.15, 0.2) is 54.6 Å². The van der Waals surface area contributed by atoms with Gasteiger partial charge in [0.2, 0.25) is 0 Å². The number of nitrogens with one attached hydrogen (secondary N) is 2. The quantitative estimate of drug-likeness (QED) is 0.792. The lowest BCUT2D eigenvalue weighted by molar-refractivity contribution is -0.862. The van der Waals surface area contributed by atoms with Gasteiger partial charge in [-0.25, -0.2) is 4.39 Å².